The smallest absolute Gasteiger partial charge is 0.191 e. The van der Waals surface area contributed by atoms with E-state index >= 15 is 0 Å². The standard InChI is InChI=1S/C22H33FN4OS/c1-2-24-20(25-15-21(6-7-21)18-4-3-5-19(23)14-18)26-16-22(8-13-29-17-22)27-9-11-28-12-10-27/h3-5,14H,2,6-13,15-17H2,1H3,(H2,24,25,26). The number of hydrogen-bond acceptors (Lipinski definition) is 4. The molecule has 29 heavy (non-hydrogen) atoms. The lowest BCUT2D eigenvalue weighted by atomic mass is 9.95. The number of benzene rings is 1. The van der Waals surface area contributed by atoms with Crippen LogP contribution in [-0.2, 0) is 10.2 Å². The highest BCUT2D eigenvalue weighted by molar-refractivity contribution is 7.99. The lowest BCUT2D eigenvalue weighted by Gasteiger charge is -2.42. The van der Waals surface area contributed by atoms with Crippen molar-refractivity contribution in [1.82, 2.24) is 15.5 Å². The Kier molecular flexibility index (Phi) is 6.66. The number of thioether (sulfide) groups is 1. The summed E-state index contributed by atoms with van der Waals surface area (Å²) in [5.41, 5.74) is 1.29. The molecule has 3 fully saturated rings. The highest BCUT2D eigenvalue weighted by Gasteiger charge is 2.44. The van der Waals surface area contributed by atoms with E-state index in [1.165, 1.54) is 18.2 Å². The van der Waals surface area contributed by atoms with Crippen LogP contribution in [0.2, 0.25) is 0 Å². The number of guanidine groups is 1. The molecule has 3 aliphatic rings. The van der Waals surface area contributed by atoms with Gasteiger partial charge in [0.15, 0.2) is 5.96 Å². The predicted octanol–water partition coefficient (Wildman–Crippen LogP) is 2.62. The number of halogens is 1. The summed E-state index contributed by atoms with van der Waals surface area (Å²) in [5, 5.41) is 6.96. The van der Waals surface area contributed by atoms with Crippen LogP contribution >= 0.6 is 11.8 Å². The third-order valence-electron chi connectivity index (χ3n) is 6.52. The fourth-order valence-electron chi connectivity index (χ4n) is 4.47. The Morgan fingerprint density at radius 3 is 2.72 bits per heavy atom. The van der Waals surface area contributed by atoms with Gasteiger partial charge in [-0.1, -0.05) is 12.1 Å². The van der Waals surface area contributed by atoms with Gasteiger partial charge in [-0.3, -0.25) is 9.89 Å². The molecule has 0 amide bonds. The van der Waals surface area contributed by atoms with Crippen molar-refractivity contribution >= 4 is 17.7 Å². The molecule has 0 radical (unpaired) electrons. The topological polar surface area (TPSA) is 48.9 Å². The molecule has 4 rings (SSSR count). The average molecular weight is 421 g/mol. The van der Waals surface area contributed by atoms with Crippen LogP contribution in [0.15, 0.2) is 29.3 Å². The van der Waals surface area contributed by atoms with Crippen LogP contribution in [0, 0.1) is 5.82 Å². The normalized spacial score (nSPS) is 27.0. The number of morpholine rings is 1. The van der Waals surface area contributed by atoms with E-state index in [0.717, 1.165) is 76.1 Å². The second-order valence-corrected chi connectivity index (χ2v) is 9.57. The Balaban J connectivity index is 1.42. The first-order valence-corrected chi connectivity index (χ1v) is 12.0. The zero-order valence-electron chi connectivity index (χ0n) is 17.4. The highest BCUT2D eigenvalue weighted by Crippen LogP contribution is 2.47. The summed E-state index contributed by atoms with van der Waals surface area (Å²) in [5.74, 6) is 3.07. The fraction of sp³-hybridized carbons (Fsp3) is 0.682. The minimum Gasteiger partial charge on any atom is -0.379 e. The van der Waals surface area contributed by atoms with Gasteiger partial charge in [-0.2, -0.15) is 11.8 Å². The van der Waals surface area contributed by atoms with Crippen LogP contribution in [0.5, 0.6) is 0 Å². The minimum absolute atomic E-state index is 0.0450. The fourth-order valence-corrected chi connectivity index (χ4v) is 5.93. The molecule has 0 spiro atoms. The molecule has 2 heterocycles. The van der Waals surface area contributed by atoms with Gasteiger partial charge in [0.25, 0.3) is 0 Å². The first-order chi connectivity index (χ1) is 14.2. The van der Waals surface area contributed by atoms with E-state index in [0.29, 0.717) is 0 Å². The van der Waals surface area contributed by atoms with Crippen LogP contribution < -0.4 is 10.6 Å². The minimum atomic E-state index is -0.152. The first-order valence-electron chi connectivity index (χ1n) is 10.8. The van der Waals surface area contributed by atoms with Crippen LogP contribution in [-0.4, -0.2) is 73.8 Å². The molecule has 0 aromatic heterocycles. The summed E-state index contributed by atoms with van der Waals surface area (Å²) in [6, 6.07) is 7.06. The van der Waals surface area contributed by atoms with E-state index in [1.54, 1.807) is 6.07 Å². The van der Waals surface area contributed by atoms with E-state index < -0.39 is 0 Å². The maximum atomic E-state index is 13.7. The summed E-state index contributed by atoms with van der Waals surface area (Å²) in [6.07, 6.45) is 3.38. The second kappa shape index (κ2) is 9.23. The van der Waals surface area contributed by atoms with E-state index in [2.05, 4.69) is 22.5 Å². The molecule has 0 bridgehead atoms. The first kappa shape index (κ1) is 20.9. The Labute approximate surface area is 177 Å². The van der Waals surface area contributed by atoms with Crippen LogP contribution in [0.3, 0.4) is 0 Å². The summed E-state index contributed by atoms with van der Waals surface area (Å²) in [6.45, 7) is 8.18. The van der Waals surface area contributed by atoms with E-state index in [9.17, 15) is 4.39 Å². The Morgan fingerprint density at radius 2 is 2.07 bits per heavy atom. The van der Waals surface area contributed by atoms with Crippen molar-refractivity contribution in [3.63, 3.8) is 0 Å². The van der Waals surface area contributed by atoms with E-state index in [4.69, 9.17) is 9.73 Å². The van der Waals surface area contributed by atoms with Gasteiger partial charge >= 0.3 is 0 Å². The van der Waals surface area contributed by atoms with E-state index in [-0.39, 0.29) is 16.8 Å². The molecule has 7 heteroatoms. The molecule has 1 saturated carbocycles. The molecule has 1 aliphatic carbocycles. The summed E-state index contributed by atoms with van der Waals surface area (Å²) in [4.78, 5) is 7.61. The molecular formula is C22H33FN4OS. The van der Waals surface area contributed by atoms with Crippen molar-refractivity contribution < 1.29 is 9.13 Å². The van der Waals surface area contributed by atoms with Crippen LogP contribution in [0.25, 0.3) is 0 Å². The second-order valence-electron chi connectivity index (χ2n) is 8.47. The Hall–Kier alpha value is -1.31. The van der Waals surface area contributed by atoms with Gasteiger partial charge in [0.1, 0.15) is 5.82 Å². The van der Waals surface area contributed by atoms with Crippen LogP contribution in [0.4, 0.5) is 4.39 Å². The lowest BCUT2D eigenvalue weighted by molar-refractivity contribution is -0.0104. The molecule has 160 valence electrons. The molecular weight excluding hydrogens is 387 g/mol. The van der Waals surface area contributed by atoms with Gasteiger partial charge in [-0.25, -0.2) is 4.39 Å². The van der Waals surface area contributed by atoms with Crippen molar-refractivity contribution in [2.24, 2.45) is 4.99 Å². The van der Waals surface area contributed by atoms with Crippen molar-refractivity contribution in [3.8, 4) is 0 Å². The average Bonchev–Trinajstić information content (AvgIpc) is 3.39. The van der Waals surface area contributed by atoms with Gasteiger partial charge < -0.3 is 15.4 Å². The molecule has 2 N–H and O–H groups in total. The van der Waals surface area contributed by atoms with Crippen molar-refractivity contribution in [2.75, 3.05) is 57.4 Å². The molecule has 2 aliphatic heterocycles. The predicted molar refractivity (Wildman–Crippen MR) is 118 cm³/mol. The lowest BCUT2D eigenvalue weighted by Crippen LogP contribution is -2.56. The van der Waals surface area contributed by atoms with Crippen molar-refractivity contribution in [3.05, 3.63) is 35.6 Å². The summed E-state index contributed by atoms with van der Waals surface area (Å²) < 4.78 is 19.3. The third-order valence-corrected chi connectivity index (χ3v) is 7.76. The largest absolute Gasteiger partial charge is 0.379 e. The highest BCUT2D eigenvalue weighted by atomic mass is 32.2. The maximum absolute atomic E-state index is 13.7. The molecule has 5 nitrogen and oxygen atoms in total. The number of ether oxygens (including phenoxy) is 1. The number of hydrogen-bond donors (Lipinski definition) is 2. The van der Waals surface area contributed by atoms with Crippen molar-refractivity contribution in [2.45, 2.75) is 37.1 Å². The summed E-state index contributed by atoms with van der Waals surface area (Å²) in [7, 11) is 0. The molecule has 1 unspecified atom stereocenters. The Morgan fingerprint density at radius 1 is 1.24 bits per heavy atom. The van der Waals surface area contributed by atoms with Gasteiger partial charge in [0.05, 0.1) is 25.3 Å². The third kappa shape index (κ3) is 4.89. The molecule has 2 saturated heterocycles. The molecule has 1 atom stereocenters. The summed E-state index contributed by atoms with van der Waals surface area (Å²) >= 11 is 2.04. The Bertz CT molecular complexity index is 713. The number of aliphatic imine (C=N–C) groups is 1. The maximum Gasteiger partial charge on any atom is 0.191 e. The zero-order valence-corrected chi connectivity index (χ0v) is 18.2. The number of nitrogens with one attached hydrogen (secondary N) is 2. The number of nitrogens with zero attached hydrogens (tertiary/aromatic N) is 2. The van der Waals surface area contributed by atoms with Gasteiger partial charge in [-0.15, -0.1) is 0 Å². The van der Waals surface area contributed by atoms with E-state index in [1.807, 2.05) is 23.9 Å². The molecule has 1 aromatic rings. The SMILES string of the molecule is CCNC(=NCC1(N2CCOCC2)CCSC1)NCC1(c2cccc(F)c2)CC1. The van der Waals surface area contributed by atoms with Gasteiger partial charge in [-0.05, 0) is 49.6 Å². The van der Waals surface area contributed by atoms with Crippen LogP contribution in [0.1, 0.15) is 31.7 Å². The monoisotopic (exact) mass is 420 g/mol. The van der Waals surface area contributed by atoms with Crippen molar-refractivity contribution in [1.29, 1.82) is 0 Å². The molecule has 1 aromatic carbocycles. The zero-order chi connectivity index (χ0) is 20.2. The number of rotatable bonds is 7. The van der Waals surface area contributed by atoms with Gasteiger partial charge in [0.2, 0.25) is 0 Å². The quantitative estimate of drug-likeness (QED) is 0.525. The van der Waals surface area contributed by atoms with Gasteiger partial charge in [0, 0.05) is 37.3 Å².